The monoisotopic (exact) mass is 344 g/mol. The number of carbonyl (C=O) groups is 1. The van der Waals surface area contributed by atoms with Crippen molar-refractivity contribution in [2.24, 2.45) is 0 Å². The minimum Gasteiger partial charge on any atom is -0.463 e. The van der Waals surface area contributed by atoms with E-state index in [-0.39, 0.29) is 11.6 Å². The highest BCUT2D eigenvalue weighted by Gasteiger charge is 2.13. The summed E-state index contributed by atoms with van der Waals surface area (Å²) in [6, 6.07) is 22.6. The van der Waals surface area contributed by atoms with Gasteiger partial charge in [0.05, 0.1) is 6.26 Å². The molecule has 2 aromatic heterocycles. The SMILES string of the molecule is O=C(Nc1cccc(Nc2ccccc2)c1)c1cc(-c2ccco2)[nH]n1. The predicted octanol–water partition coefficient (Wildman–Crippen LogP) is 4.67. The topological polar surface area (TPSA) is 83.0 Å². The van der Waals surface area contributed by atoms with Crippen molar-refractivity contribution < 1.29 is 9.21 Å². The van der Waals surface area contributed by atoms with Crippen molar-refractivity contribution in [3.05, 3.63) is 84.8 Å². The Hall–Kier alpha value is -3.80. The molecule has 0 bridgehead atoms. The molecule has 1 amide bonds. The number of aromatic amines is 1. The zero-order chi connectivity index (χ0) is 17.8. The van der Waals surface area contributed by atoms with E-state index in [2.05, 4.69) is 20.8 Å². The quantitative estimate of drug-likeness (QED) is 0.491. The van der Waals surface area contributed by atoms with Gasteiger partial charge in [-0.2, -0.15) is 5.10 Å². The molecule has 2 aromatic carbocycles. The summed E-state index contributed by atoms with van der Waals surface area (Å²) in [4.78, 5) is 12.4. The summed E-state index contributed by atoms with van der Waals surface area (Å²) in [7, 11) is 0. The van der Waals surface area contributed by atoms with Gasteiger partial charge in [-0.15, -0.1) is 0 Å². The van der Waals surface area contributed by atoms with E-state index in [9.17, 15) is 4.79 Å². The summed E-state index contributed by atoms with van der Waals surface area (Å²) in [6.07, 6.45) is 1.57. The Morgan fingerprint density at radius 2 is 1.69 bits per heavy atom. The van der Waals surface area contributed by atoms with Crippen molar-refractivity contribution in [3.8, 4) is 11.5 Å². The van der Waals surface area contributed by atoms with Crippen LogP contribution in [0.15, 0.2) is 83.5 Å². The molecule has 4 aromatic rings. The lowest BCUT2D eigenvalue weighted by Gasteiger charge is -2.09. The number of para-hydroxylation sites is 1. The van der Waals surface area contributed by atoms with Crippen LogP contribution in [0.3, 0.4) is 0 Å². The molecule has 26 heavy (non-hydrogen) atoms. The van der Waals surface area contributed by atoms with Crippen LogP contribution in [0.1, 0.15) is 10.5 Å². The third-order valence-electron chi connectivity index (χ3n) is 3.78. The van der Waals surface area contributed by atoms with Crippen LogP contribution in [-0.4, -0.2) is 16.1 Å². The number of amides is 1. The summed E-state index contributed by atoms with van der Waals surface area (Å²) < 4.78 is 5.29. The second-order valence-electron chi connectivity index (χ2n) is 5.67. The maximum absolute atomic E-state index is 12.4. The van der Waals surface area contributed by atoms with E-state index >= 15 is 0 Å². The van der Waals surface area contributed by atoms with Gasteiger partial charge in [-0.05, 0) is 42.5 Å². The molecular weight excluding hydrogens is 328 g/mol. The molecule has 0 atom stereocenters. The first kappa shape index (κ1) is 15.7. The molecule has 0 aliphatic heterocycles. The van der Waals surface area contributed by atoms with Gasteiger partial charge in [0.2, 0.25) is 0 Å². The van der Waals surface area contributed by atoms with Crippen molar-refractivity contribution in [1.29, 1.82) is 0 Å². The Bertz CT molecular complexity index is 1010. The zero-order valence-electron chi connectivity index (χ0n) is 13.8. The highest BCUT2D eigenvalue weighted by molar-refractivity contribution is 6.03. The molecule has 128 valence electrons. The fourth-order valence-electron chi connectivity index (χ4n) is 2.55. The van der Waals surface area contributed by atoms with Crippen LogP contribution < -0.4 is 10.6 Å². The van der Waals surface area contributed by atoms with Gasteiger partial charge in [0.15, 0.2) is 11.5 Å². The molecule has 2 heterocycles. The van der Waals surface area contributed by atoms with Crippen LogP contribution in [0.4, 0.5) is 17.1 Å². The lowest BCUT2D eigenvalue weighted by atomic mass is 10.2. The molecule has 0 fully saturated rings. The largest absolute Gasteiger partial charge is 0.463 e. The average molecular weight is 344 g/mol. The highest BCUT2D eigenvalue weighted by Crippen LogP contribution is 2.21. The molecule has 6 nitrogen and oxygen atoms in total. The zero-order valence-corrected chi connectivity index (χ0v) is 13.8. The standard InChI is InChI=1S/C20H16N4O2/c25-20(18-13-17(23-24-18)19-10-5-11-26-19)22-16-9-4-8-15(12-16)21-14-6-2-1-3-7-14/h1-13,21H,(H,22,25)(H,23,24). The molecule has 6 heteroatoms. The van der Waals surface area contributed by atoms with Gasteiger partial charge >= 0.3 is 0 Å². The number of hydrogen-bond acceptors (Lipinski definition) is 4. The van der Waals surface area contributed by atoms with E-state index in [0.29, 0.717) is 17.1 Å². The fourth-order valence-corrected chi connectivity index (χ4v) is 2.55. The highest BCUT2D eigenvalue weighted by atomic mass is 16.3. The number of hydrogen-bond donors (Lipinski definition) is 3. The van der Waals surface area contributed by atoms with E-state index in [1.54, 1.807) is 24.5 Å². The molecule has 0 aliphatic carbocycles. The molecule has 4 rings (SSSR count). The van der Waals surface area contributed by atoms with Crippen LogP contribution in [-0.2, 0) is 0 Å². The van der Waals surface area contributed by atoms with Crippen molar-refractivity contribution in [2.45, 2.75) is 0 Å². The summed E-state index contributed by atoms with van der Waals surface area (Å²) in [5.41, 5.74) is 3.48. The molecule has 0 aliphatic rings. The van der Waals surface area contributed by atoms with E-state index in [0.717, 1.165) is 11.4 Å². The summed E-state index contributed by atoms with van der Waals surface area (Å²) >= 11 is 0. The van der Waals surface area contributed by atoms with Crippen molar-refractivity contribution in [3.63, 3.8) is 0 Å². The Kier molecular flexibility index (Phi) is 4.22. The van der Waals surface area contributed by atoms with Crippen molar-refractivity contribution in [1.82, 2.24) is 10.2 Å². The number of H-pyrrole nitrogens is 1. The lowest BCUT2D eigenvalue weighted by molar-refractivity contribution is 0.102. The van der Waals surface area contributed by atoms with Gasteiger partial charge in [-0.3, -0.25) is 9.89 Å². The maximum Gasteiger partial charge on any atom is 0.276 e. The first-order valence-corrected chi connectivity index (χ1v) is 8.11. The van der Waals surface area contributed by atoms with Gasteiger partial charge in [0.1, 0.15) is 5.69 Å². The molecule has 0 saturated carbocycles. The number of nitrogens with one attached hydrogen (secondary N) is 3. The number of carbonyl (C=O) groups excluding carboxylic acids is 1. The smallest absolute Gasteiger partial charge is 0.276 e. The molecule has 0 saturated heterocycles. The third-order valence-corrected chi connectivity index (χ3v) is 3.78. The molecule has 0 radical (unpaired) electrons. The van der Waals surface area contributed by atoms with Crippen LogP contribution >= 0.6 is 0 Å². The second kappa shape index (κ2) is 6.98. The number of furan rings is 1. The number of rotatable bonds is 5. The van der Waals surface area contributed by atoms with E-state index in [1.165, 1.54) is 0 Å². The summed E-state index contributed by atoms with van der Waals surface area (Å²) in [5, 5.41) is 13.0. The number of benzene rings is 2. The lowest BCUT2D eigenvalue weighted by Crippen LogP contribution is -2.12. The van der Waals surface area contributed by atoms with Gasteiger partial charge < -0.3 is 15.1 Å². The second-order valence-corrected chi connectivity index (χ2v) is 5.67. The number of nitrogens with zero attached hydrogens (tertiary/aromatic N) is 1. The fraction of sp³-hybridized carbons (Fsp3) is 0. The summed E-state index contributed by atoms with van der Waals surface area (Å²) in [5.74, 6) is 0.335. The molecule has 0 unspecified atom stereocenters. The summed E-state index contributed by atoms with van der Waals surface area (Å²) in [6.45, 7) is 0. The first-order valence-electron chi connectivity index (χ1n) is 8.11. The Morgan fingerprint density at radius 1 is 0.885 bits per heavy atom. The molecular formula is C20H16N4O2. The van der Waals surface area contributed by atoms with Gasteiger partial charge in [0.25, 0.3) is 5.91 Å². The third kappa shape index (κ3) is 3.49. The van der Waals surface area contributed by atoms with Crippen molar-refractivity contribution >= 4 is 23.0 Å². The van der Waals surface area contributed by atoms with Crippen LogP contribution in [0.25, 0.3) is 11.5 Å². The van der Waals surface area contributed by atoms with E-state index in [4.69, 9.17) is 4.42 Å². The Morgan fingerprint density at radius 3 is 2.50 bits per heavy atom. The Labute approximate surface area is 149 Å². The maximum atomic E-state index is 12.4. The van der Waals surface area contributed by atoms with Crippen LogP contribution in [0.2, 0.25) is 0 Å². The van der Waals surface area contributed by atoms with E-state index < -0.39 is 0 Å². The van der Waals surface area contributed by atoms with E-state index in [1.807, 2.05) is 54.6 Å². The van der Waals surface area contributed by atoms with Crippen LogP contribution in [0, 0.1) is 0 Å². The van der Waals surface area contributed by atoms with Crippen molar-refractivity contribution in [2.75, 3.05) is 10.6 Å². The minimum absolute atomic E-state index is 0.290. The number of anilines is 3. The normalized spacial score (nSPS) is 10.5. The van der Waals surface area contributed by atoms with Gasteiger partial charge in [0, 0.05) is 23.1 Å². The molecule has 3 N–H and O–H groups in total. The minimum atomic E-state index is -0.295. The predicted molar refractivity (Wildman–Crippen MR) is 100 cm³/mol. The molecule has 0 spiro atoms. The van der Waals surface area contributed by atoms with Gasteiger partial charge in [-0.1, -0.05) is 24.3 Å². The number of aromatic nitrogens is 2. The van der Waals surface area contributed by atoms with Crippen LogP contribution in [0.5, 0.6) is 0 Å². The Balaban J connectivity index is 1.47. The van der Waals surface area contributed by atoms with Gasteiger partial charge in [-0.25, -0.2) is 0 Å². The first-order chi connectivity index (χ1) is 12.8. The average Bonchev–Trinajstić information content (AvgIpc) is 3.34.